The lowest BCUT2D eigenvalue weighted by atomic mass is 10.1. The molecule has 0 spiro atoms. The molecule has 0 fully saturated rings. The van der Waals surface area contributed by atoms with Gasteiger partial charge in [-0.25, -0.2) is 4.98 Å². The standard InChI is InChI=1S/C16H12F3N3O3/c1-8-11(12-14(25-8)20-7-22(2)15(12)24)13(23)21-10-5-3-4-9(6-10)16(17,18)19/h3-7H,1-2H3,(H,21,23). The van der Waals surface area contributed by atoms with Gasteiger partial charge in [-0.3, -0.25) is 9.59 Å². The number of nitrogens with one attached hydrogen (secondary N) is 1. The van der Waals surface area contributed by atoms with Crippen molar-refractivity contribution in [3.63, 3.8) is 0 Å². The van der Waals surface area contributed by atoms with Gasteiger partial charge in [-0.05, 0) is 25.1 Å². The molecular weight excluding hydrogens is 339 g/mol. The molecule has 0 bridgehead atoms. The molecular formula is C16H12F3N3O3. The Morgan fingerprint density at radius 3 is 2.72 bits per heavy atom. The van der Waals surface area contributed by atoms with Crippen molar-refractivity contribution in [1.82, 2.24) is 9.55 Å². The highest BCUT2D eigenvalue weighted by atomic mass is 19.4. The number of hydrogen-bond donors (Lipinski definition) is 1. The van der Waals surface area contributed by atoms with Gasteiger partial charge < -0.3 is 14.3 Å². The molecule has 9 heteroatoms. The number of fused-ring (bicyclic) bond motifs is 1. The Morgan fingerprint density at radius 1 is 1.32 bits per heavy atom. The zero-order valence-electron chi connectivity index (χ0n) is 13.1. The summed E-state index contributed by atoms with van der Waals surface area (Å²) in [5.41, 5.74) is -1.49. The van der Waals surface area contributed by atoms with Crippen molar-refractivity contribution in [3.8, 4) is 0 Å². The Labute approximate surface area is 138 Å². The summed E-state index contributed by atoms with van der Waals surface area (Å²) in [4.78, 5) is 28.7. The Kier molecular flexibility index (Phi) is 3.86. The number of aryl methyl sites for hydroxylation is 2. The first-order valence-electron chi connectivity index (χ1n) is 7.12. The van der Waals surface area contributed by atoms with Gasteiger partial charge in [0.25, 0.3) is 11.5 Å². The first kappa shape index (κ1) is 16.7. The molecule has 3 rings (SSSR count). The number of halogens is 3. The summed E-state index contributed by atoms with van der Waals surface area (Å²) < 4.78 is 44.8. The summed E-state index contributed by atoms with van der Waals surface area (Å²) in [6.07, 6.45) is -3.28. The molecule has 0 radical (unpaired) electrons. The van der Waals surface area contributed by atoms with E-state index in [1.807, 2.05) is 0 Å². The fourth-order valence-corrected chi connectivity index (χ4v) is 2.43. The third kappa shape index (κ3) is 3.00. The largest absolute Gasteiger partial charge is 0.442 e. The number of alkyl halides is 3. The van der Waals surface area contributed by atoms with Gasteiger partial charge in [0.2, 0.25) is 5.71 Å². The van der Waals surface area contributed by atoms with Crippen molar-refractivity contribution < 1.29 is 22.4 Å². The monoisotopic (exact) mass is 351 g/mol. The zero-order chi connectivity index (χ0) is 18.4. The fraction of sp³-hybridized carbons (Fsp3) is 0.188. The first-order valence-corrected chi connectivity index (χ1v) is 7.12. The SMILES string of the molecule is Cc1oc2ncn(C)c(=O)c2c1C(=O)Nc1cccc(C(F)(F)F)c1. The third-order valence-corrected chi connectivity index (χ3v) is 3.62. The van der Waals surface area contributed by atoms with Crippen LogP contribution in [-0.4, -0.2) is 15.5 Å². The minimum atomic E-state index is -4.53. The maximum absolute atomic E-state index is 12.8. The number of hydrogen-bond acceptors (Lipinski definition) is 4. The summed E-state index contributed by atoms with van der Waals surface area (Å²) in [6.45, 7) is 1.47. The molecule has 2 aromatic heterocycles. The number of nitrogens with zero attached hydrogens (tertiary/aromatic N) is 2. The van der Waals surface area contributed by atoms with E-state index in [0.29, 0.717) is 0 Å². The number of amides is 1. The summed E-state index contributed by atoms with van der Waals surface area (Å²) in [7, 11) is 1.46. The van der Waals surface area contributed by atoms with Crippen LogP contribution in [-0.2, 0) is 13.2 Å². The highest BCUT2D eigenvalue weighted by Crippen LogP contribution is 2.31. The van der Waals surface area contributed by atoms with Crippen LogP contribution in [0.3, 0.4) is 0 Å². The summed E-state index contributed by atoms with van der Waals surface area (Å²) in [5, 5.41) is 2.34. The molecule has 0 aliphatic heterocycles. The van der Waals surface area contributed by atoms with Gasteiger partial charge >= 0.3 is 6.18 Å². The molecule has 0 atom stereocenters. The molecule has 1 aromatic carbocycles. The Balaban J connectivity index is 2.03. The van der Waals surface area contributed by atoms with Crippen LogP contribution < -0.4 is 10.9 Å². The second kappa shape index (κ2) is 5.76. The molecule has 2 heterocycles. The molecule has 1 amide bonds. The molecule has 6 nitrogen and oxygen atoms in total. The minimum absolute atomic E-state index is 0.00482. The van der Waals surface area contributed by atoms with Gasteiger partial charge in [0.15, 0.2) is 0 Å². The number of aromatic nitrogens is 2. The van der Waals surface area contributed by atoms with Gasteiger partial charge in [-0.2, -0.15) is 13.2 Å². The highest BCUT2D eigenvalue weighted by molar-refractivity contribution is 6.12. The van der Waals surface area contributed by atoms with Crippen LogP contribution in [0.1, 0.15) is 21.7 Å². The average Bonchev–Trinajstić information content (AvgIpc) is 2.87. The predicted molar refractivity (Wildman–Crippen MR) is 83.4 cm³/mol. The smallest absolute Gasteiger partial charge is 0.416 e. The van der Waals surface area contributed by atoms with E-state index < -0.39 is 23.2 Å². The second-order valence-electron chi connectivity index (χ2n) is 5.41. The van der Waals surface area contributed by atoms with Gasteiger partial charge in [-0.15, -0.1) is 0 Å². The van der Waals surface area contributed by atoms with E-state index >= 15 is 0 Å². The maximum atomic E-state index is 12.8. The van der Waals surface area contributed by atoms with Crippen LogP contribution in [0.25, 0.3) is 11.1 Å². The van der Waals surface area contributed by atoms with E-state index in [0.717, 1.165) is 12.1 Å². The number of rotatable bonds is 2. The van der Waals surface area contributed by atoms with Crippen molar-refractivity contribution in [2.24, 2.45) is 7.05 Å². The first-order chi connectivity index (χ1) is 11.7. The van der Waals surface area contributed by atoms with Gasteiger partial charge in [0, 0.05) is 12.7 Å². The molecule has 3 aromatic rings. The molecule has 0 unspecified atom stereocenters. The maximum Gasteiger partial charge on any atom is 0.416 e. The van der Waals surface area contributed by atoms with Crippen molar-refractivity contribution in [1.29, 1.82) is 0 Å². The average molecular weight is 351 g/mol. The van der Waals surface area contributed by atoms with E-state index in [9.17, 15) is 22.8 Å². The number of benzene rings is 1. The van der Waals surface area contributed by atoms with Crippen LogP contribution >= 0.6 is 0 Å². The summed E-state index contributed by atoms with van der Waals surface area (Å²) in [6, 6.07) is 4.21. The lowest BCUT2D eigenvalue weighted by Gasteiger charge is -2.09. The van der Waals surface area contributed by atoms with Crippen LogP contribution in [0.4, 0.5) is 18.9 Å². The summed E-state index contributed by atoms with van der Waals surface area (Å²) in [5.74, 6) is -0.601. The highest BCUT2D eigenvalue weighted by Gasteiger charge is 2.30. The molecule has 0 saturated carbocycles. The third-order valence-electron chi connectivity index (χ3n) is 3.62. The Morgan fingerprint density at radius 2 is 2.04 bits per heavy atom. The van der Waals surface area contributed by atoms with Crippen LogP contribution in [0, 0.1) is 6.92 Å². The molecule has 0 aliphatic carbocycles. The van der Waals surface area contributed by atoms with Gasteiger partial charge in [0.1, 0.15) is 17.5 Å². The second-order valence-corrected chi connectivity index (χ2v) is 5.41. The van der Waals surface area contributed by atoms with E-state index in [-0.39, 0.29) is 28.1 Å². The normalized spacial score (nSPS) is 11.7. The quantitative estimate of drug-likeness (QED) is 0.770. The topological polar surface area (TPSA) is 77.1 Å². The number of anilines is 1. The lowest BCUT2D eigenvalue weighted by molar-refractivity contribution is -0.137. The molecule has 130 valence electrons. The van der Waals surface area contributed by atoms with Crippen molar-refractivity contribution >= 4 is 22.7 Å². The number of furan rings is 1. The van der Waals surface area contributed by atoms with E-state index in [1.54, 1.807) is 0 Å². The minimum Gasteiger partial charge on any atom is -0.442 e. The molecule has 1 N–H and O–H groups in total. The van der Waals surface area contributed by atoms with Crippen LogP contribution in [0.15, 0.2) is 39.8 Å². The van der Waals surface area contributed by atoms with E-state index in [2.05, 4.69) is 10.3 Å². The Bertz CT molecular complexity index is 1030. The van der Waals surface area contributed by atoms with Crippen molar-refractivity contribution in [2.75, 3.05) is 5.32 Å². The fourth-order valence-electron chi connectivity index (χ4n) is 2.43. The predicted octanol–water partition coefficient (Wildman–Crippen LogP) is 3.11. The van der Waals surface area contributed by atoms with E-state index in [1.165, 1.54) is 37.0 Å². The van der Waals surface area contributed by atoms with E-state index in [4.69, 9.17) is 4.42 Å². The summed E-state index contributed by atoms with van der Waals surface area (Å²) >= 11 is 0. The number of carbonyl (C=O) groups excluding carboxylic acids is 1. The van der Waals surface area contributed by atoms with Gasteiger partial charge in [0.05, 0.1) is 11.1 Å². The van der Waals surface area contributed by atoms with Crippen LogP contribution in [0.2, 0.25) is 0 Å². The van der Waals surface area contributed by atoms with Crippen molar-refractivity contribution in [3.05, 3.63) is 57.8 Å². The number of carbonyl (C=O) groups is 1. The Hall–Kier alpha value is -3.10. The van der Waals surface area contributed by atoms with Crippen molar-refractivity contribution in [2.45, 2.75) is 13.1 Å². The molecule has 25 heavy (non-hydrogen) atoms. The molecule has 0 saturated heterocycles. The lowest BCUT2D eigenvalue weighted by Crippen LogP contribution is -2.20. The van der Waals surface area contributed by atoms with Gasteiger partial charge in [-0.1, -0.05) is 6.07 Å². The van der Waals surface area contributed by atoms with Crippen LogP contribution in [0.5, 0.6) is 0 Å². The molecule has 0 aliphatic rings. The zero-order valence-corrected chi connectivity index (χ0v) is 13.1.